The van der Waals surface area contributed by atoms with Gasteiger partial charge in [0.25, 0.3) is 0 Å². The monoisotopic (exact) mass is 520 g/mol. The van der Waals surface area contributed by atoms with Gasteiger partial charge in [-0.2, -0.15) is 0 Å². The van der Waals surface area contributed by atoms with Gasteiger partial charge in [-0.15, -0.1) is 0 Å². The van der Waals surface area contributed by atoms with E-state index in [9.17, 15) is 4.57 Å². The minimum Gasteiger partial charge on any atom is -0.489 e. The van der Waals surface area contributed by atoms with Crippen LogP contribution < -0.4 is 4.74 Å². The van der Waals surface area contributed by atoms with Crippen LogP contribution in [0.2, 0.25) is 0 Å². The molecular formula is C27H38BrO3P. The number of halogens is 1. The lowest BCUT2D eigenvalue weighted by Gasteiger charge is -2.29. The van der Waals surface area contributed by atoms with Crippen molar-refractivity contribution in [3.05, 3.63) is 63.6 Å². The predicted octanol–water partition coefficient (Wildman–Crippen LogP) is 8.62. The first kappa shape index (κ1) is 25.5. The van der Waals surface area contributed by atoms with E-state index >= 15 is 0 Å². The fourth-order valence-electron chi connectivity index (χ4n) is 4.19. The van der Waals surface area contributed by atoms with Crippen LogP contribution in [0.3, 0.4) is 0 Å². The Bertz CT molecular complexity index is 962. The quantitative estimate of drug-likeness (QED) is 0.294. The molecule has 2 aromatic rings. The van der Waals surface area contributed by atoms with E-state index in [1.54, 1.807) is 6.66 Å². The molecule has 0 radical (unpaired) electrons. The Morgan fingerprint density at radius 3 is 2.50 bits per heavy atom. The van der Waals surface area contributed by atoms with E-state index in [4.69, 9.17) is 9.26 Å². The number of ether oxygens (including phenoxy) is 1. The minimum absolute atomic E-state index is 0.189. The molecule has 1 aliphatic rings. The molecule has 0 amide bonds. The van der Waals surface area contributed by atoms with Gasteiger partial charge in [0.2, 0.25) is 7.37 Å². The maximum absolute atomic E-state index is 12.9. The number of rotatable bonds is 10. The molecule has 5 heteroatoms. The molecule has 32 heavy (non-hydrogen) atoms. The molecule has 176 valence electrons. The molecule has 1 unspecified atom stereocenters. The summed E-state index contributed by atoms with van der Waals surface area (Å²) in [5, 5.41) is 0. The summed E-state index contributed by atoms with van der Waals surface area (Å²) in [4.78, 5) is 0. The summed E-state index contributed by atoms with van der Waals surface area (Å²) >= 11 is 3.73. The molecule has 0 aromatic heterocycles. The average molecular weight is 521 g/mol. The van der Waals surface area contributed by atoms with Crippen molar-refractivity contribution in [2.45, 2.75) is 65.9 Å². The first-order chi connectivity index (χ1) is 15.0. The standard InChI is InChI=1S/C27H38BrO3P/c1-7-31-32(6,29)18-25(21-12-13-21)22-9-8-10-23(16-22)30-17-20-11-14-26(28)24(15-20)19(2)27(3,4)5/h8-11,14-16,19,21,25H,7,12-13,17-18H2,1-6H3/t19-,25+,32?/m1/s1. The Morgan fingerprint density at radius 1 is 1.16 bits per heavy atom. The molecule has 0 heterocycles. The van der Waals surface area contributed by atoms with Crippen LogP contribution in [0.5, 0.6) is 5.75 Å². The summed E-state index contributed by atoms with van der Waals surface area (Å²) in [5.74, 6) is 2.16. The van der Waals surface area contributed by atoms with E-state index in [1.807, 2.05) is 13.0 Å². The van der Waals surface area contributed by atoms with Crippen molar-refractivity contribution >= 4 is 23.3 Å². The van der Waals surface area contributed by atoms with Crippen LogP contribution in [0.4, 0.5) is 0 Å². The van der Waals surface area contributed by atoms with Crippen LogP contribution >= 0.6 is 23.3 Å². The molecule has 0 saturated heterocycles. The van der Waals surface area contributed by atoms with Gasteiger partial charge in [-0.25, -0.2) is 0 Å². The molecule has 0 bridgehead atoms. The molecule has 0 N–H and O–H groups in total. The van der Waals surface area contributed by atoms with Crippen molar-refractivity contribution in [3.63, 3.8) is 0 Å². The lowest BCUT2D eigenvalue weighted by atomic mass is 9.77. The Hall–Kier alpha value is -1.09. The van der Waals surface area contributed by atoms with Crippen LogP contribution in [0, 0.1) is 11.3 Å². The Kier molecular flexibility index (Phi) is 8.34. The molecule has 2 aromatic carbocycles. The van der Waals surface area contributed by atoms with Crippen molar-refractivity contribution in [1.82, 2.24) is 0 Å². The summed E-state index contributed by atoms with van der Waals surface area (Å²) < 4.78 is 25.8. The highest BCUT2D eigenvalue weighted by Crippen LogP contribution is 2.53. The summed E-state index contributed by atoms with van der Waals surface area (Å²) in [6.45, 7) is 13.8. The minimum atomic E-state index is -2.59. The molecule has 3 atom stereocenters. The van der Waals surface area contributed by atoms with Crippen LogP contribution in [-0.4, -0.2) is 19.4 Å². The molecule has 0 aliphatic heterocycles. The van der Waals surface area contributed by atoms with Crippen molar-refractivity contribution in [2.24, 2.45) is 11.3 Å². The van der Waals surface area contributed by atoms with Crippen molar-refractivity contribution in [3.8, 4) is 5.75 Å². The summed E-state index contributed by atoms with van der Waals surface area (Å²) in [6, 6.07) is 14.8. The van der Waals surface area contributed by atoms with E-state index in [2.05, 4.69) is 80.0 Å². The zero-order valence-electron chi connectivity index (χ0n) is 20.4. The third kappa shape index (κ3) is 6.95. The van der Waals surface area contributed by atoms with Gasteiger partial charge in [-0.05, 0) is 77.8 Å². The second kappa shape index (κ2) is 10.5. The summed E-state index contributed by atoms with van der Waals surface area (Å²) in [6.07, 6.45) is 3.01. The lowest BCUT2D eigenvalue weighted by Crippen LogP contribution is -2.16. The zero-order valence-corrected chi connectivity index (χ0v) is 22.8. The highest BCUT2D eigenvalue weighted by molar-refractivity contribution is 9.10. The zero-order chi connectivity index (χ0) is 23.5. The van der Waals surface area contributed by atoms with Crippen LogP contribution in [-0.2, 0) is 15.7 Å². The third-order valence-electron chi connectivity index (χ3n) is 6.64. The highest BCUT2D eigenvalue weighted by atomic mass is 79.9. The largest absolute Gasteiger partial charge is 0.489 e. The van der Waals surface area contributed by atoms with Crippen molar-refractivity contribution in [2.75, 3.05) is 19.4 Å². The van der Waals surface area contributed by atoms with Gasteiger partial charge in [-0.1, -0.05) is 67.9 Å². The maximum atomic E-state index is 12.9. The van der Waals surface area contributed by atoms with E-state index in [-0.39, 0.29) is 11.3 Å². The summed E-state index contributed by atoms with van der Waals surface area (Å²) in [5.41, 5.74) is 3.88. The fourth-order valence-corrected chi connectivity index (χ4v) is 6.66. The molecule has 1 aliphatic carbocycles. The smallest absolute Gasteiger partial charge is 0.200 e. The molecule has 1 saturated carbocycles. The van der Waals surface area contributed by atoms with Crippen LogP contribution in [0.1, 0.15) is 76.0 Å². The van der Waals surface area contributed by atoms with Gasteiger partial charge in [0, 0.05) is 17.3 Å². The normalized spacial score (nSPS) is 18.1. The van der Waals surface area contributed by atoms with Crippen molar-refractivity contribution in [1.29, 1.82) is 0 Å². The van der Waals surface area contributed by atoms with Crippen molar-refractivity contribution < 1.29 is 13.8 Å². The van der Waals surface area contributed by atoms with Gasteiger partial charge in [-0.3, -0.25) is 4.57 Å². The first-order valence-electron chi connectivity index (χ1n) is 11.7. The van der Waals surface area contributed by atoms with Crippen LogP contribution in [0.25, 0.3) is 0 Å². The molecule has 1 fully saturated rings. The fraction of sp³-hybridized carbons (Fsp3) is 0.556. The molecule has 3 nitrogen and oxygen atoms in total. The summed E-state index contributed by atoms with van der Waals surface area (Å²) in [7, 11) is -2.59. The molecule has 3 rings (SSSR count). The SMILES string of the molecule is CCOP(C)(=O)C[C@H](c1cccc(OCc2ccc(Br)c([C@@H](C)C(C)(C)C)c2)c1)C1CC1. The van der Waals surface area contributed by atoms with Gasteiger partial charge in [0.05, 0.1) is 6.61 Å². The second-order valence-electron chi connectivity index (χ2n) is 10.4. The molecular weight excluding hydrogens is 483 g/mol. The van der Waals surface area contributed by atoms with E-state index in [1.165, 1.54) is 24.0 Å². The topological polar surface area (TPSA) is 35.5 Å². The van der Waals surface area contributed by atoms with E-state index < -0.39 is 7.37 Å². The Labute approximate surface area is 202 Å². The van der Waals surface area contributed by atoms with Gasteiger partial charge < -0.3 is 9.26 Å². The lowest BCUT2D eigenvalue weighted by molar-refractivity contribution is 0.304. The Balaban J connectivity index is 1.73. The second-order valence-corrected chi connectivity index (χ2v) is 13.9. The third-order valence-corrected chi connectivity index (χ3v) is 9.22. The molecule has 0 spiro atoms. The van der Waals surface area contributed by atoms with Gasteiger partial charge >= 0.3 is 0 Å². The maximum Gasteiger partial charge on any atom is 0.200 e. The van der Waals surface area contributed by atoms with E-state index in [0.29, 0.717) is 31.2 Å². The van der Waals surface area contributed by atoms with Crippen LogP contribution in [0.15, 0.2) is 46.9 Å². The average Bonchev–Trinajstić information content (AvgIpc) is 3.56. The Morgan fingerprint density at radius 2 is 1.88 bits per heavy atom. The first-order valence-corrected chi connectivity index (χ1v) is 14.8. The number of benzene rings is 2. The predicted molar refractivity (Wildman–Crippen MR) is 138 cm³/mol. The number of hydrogen-bond acceptors (Lipinski definition) is 3. The van der Waals surface area contributed by atoms with Gasteiger partial charge in [0.1, 0.15) is 12.4 Å². The van der Waals surface area contributed by atoms with Gasteiger partial charge in [0.15, 0.2) is 0 Å². The van der Waals surface area contributed by atoms with E-state index in [0.717, 1.165) is 15.8 Å². The number of hydrogen-bond donors (Lipinski definition) is 0. The highest BCUT2D eigenvalue weighted by Gasteiger charge is 2.36.